The number of pyridine rings is 1. The largest absolute Gasteiger partial charge is 0.481 e. The Hall–Kier alpha value is -3.26. The first-order valence-corrected chi connectivity index (χ1v) is 9.48. The van der Waals surface area contributed by atoms with E-state index in [1.807, 2.05) is 36.6 Å². The van der Waals surface area contributed by atoms with Crippen molar-refractivity contribution in [2.24, 2.45) is 0 Å². The quantitative estimate of drug-likeness (QED) is 0.663. The van der Waals surface area contributed by atoms with Crippen LogP contribution in [-0.2, 0) is 4.79 Å². The Morgan fingerprint density at radius 2 is 1.89 bits per heavy atom. The van der Waals surface area contributed by atoms with Gasteiger partial charge in [0, 0.05) is 30.1 Å². The van der Waals surface area contributed by atoms with Crippen LogP contribution in [0.4, 0.5) is 5.13 Å². The van der Waals surface area contributed by atoms with Gasteiger partial charge >= 0.3 is 0 Å². The summed E-state index contributed by atoms with van der Waals surface area (Å²) in [5.41, 5.74) is 3.14. The molecule has 0 aliphatic carbocycles. The molecule has 8 heteroatoms. The average Bonchev–Trinajstić information content (AvgIpc) is 3.16. The van der Waals surface area contributed by atoms with Crippen molar-refractivity contribution in [1.82, 2.24) is 15.3 Å². The molecule has 1 aromatic carbocycles. The van der Waals surface area contributed by atoms with Crippen LogP contribution in [0.2, 0.25) is 0 Å². The lowest BCUT2D eigenvalue weighted by atomic mass is 10.1. The summed E-state index contributed by atoms with van der Waals surface area (Å²) in [7, 11) is 1.52. The molecule has 0 saturated heterocycles. The van der Waals surface area contributed by atoms with Gasteiger partial charge in [0.25, 0.3) is 5.91 Å². The number of methoxy groups -OCH3 is 1. The third kappa shape index (κ3) is 4.72. The van der Waals surface area contributed by atoms with Crippen molar-refractivity contribution < 1.29 is 14.3 Å². The summed E-state index contributed by atoms with van der Waals surface area (Å²) in [4.78, 5) is 32.0. The lowest BCUT2D eigenvalue weighted by Crippen LogP contribution is -2.23. The molecule has 1 unspecified atom stereocenters. The molecule has 28 heavy (non-hydrogen) atoms. The molecule has 2 N–H and O–H groups in total. The number of thiazole rings is 1. The number of amides is 2. The van der Waals surface area contributed by atoms with Crippen molar-refractivity contribution in [3.63, 3.8) is 0 Å². The van der Waals surface area contributed by atoms with Crippen LogP contribution in [0.5, 0.6) is 5.88 Å². The van der Waals surface area contributed by atoms with E-state index in [-0.39, 0.29) is 17.9 Å². The summed E-state index contributed by atoms with van der Waals surface area (Å²) >= 11 is 1.35. The lowest BCUT2D eigenvalue weighted by Gasteiger charge is -2.13. The zero-order chi connectivity index (χ0) is 20.1. The Morgan fingerprint density at radius 3 is 2.50 bits per heavy atom. The van der Waals surface area contributed by atoms with E-state index in [2.05, 4.69) is 20.6 Å². The van der Waals surface area contributed by atoms with Gasteiger partial charge in [-0.15, -0.1) is 11.3 Å². The fourth-order valence-corrected chi connectivity index (χ4v) is 3.31. The number of aromatic nitrogens is 2. The van der Waals surface area contributed by atoms with Crippen LogP contribution in [0.3, 0.4) is 0 Å². The Morgan fingerprint density at radius 1 is 1.14 bits per heavy atom. The molecule has 3 rings (SSSR count). The van der Waals surface area contributed by atoms with Crippen molar-refractivity contribution in [3.8, 4) is 17.1 Å². The zero-order valence-electron chi connectivity index (χ0n) is 15.7. The summed E-state index contributed by atoms with van der Waals surface area (Å²) in [5.74, 6) is 0.100. The van der Waals surface area contributed by atoms with Crippen LogP contribution in [0, 0.1) is 0 Å². The summed E-state index contributed by atoms with van der Waals surface area (Å²) in [6, 6.07) is 11.0. The van der Waals surface area contributed by atoms with E-state index >= 15 is 0 Å². The number of anilines is 1. The Bertz CT molecular complexity index is 968. The fourth-order valence-electron chi connectivity index (χ4n) is 2.60. The second-order valence-corrected chi connectivity index (χ2v) is 6.98. The summed E-state index contributed by atoms with van der Waals surface area (Å²) < 4.78 is 4.99. The average molecular weight is 396 g/mol. The molecule has 3 aromatic rings. The molecular weight excluding hydrogens is 376 g/mol. The molecule has 0 aliphatic rings. The molecule has 2 heterocycles. The molecule has 2 aromatic heterocycles. The molecule has 0 radical (unpaired) electrons. The molecule has 0 bridgehead atoms. The fraction of sp³-hybridized carbons (Fsp3) is 0.200. The lowest BCUT2D eigenvalue weighted by molar-refractivity contribution is -0.119. The Labute approximate surface area is 166 Å². The van der Waals surface area contributed by atoms with Gasteiger partial charge < -0.3 is 10.1 Å². The molecule has 7 nitrogen and oxygen atoms in total. The second-order valence-electron chi connectivity index (χ2n) is 6.13. The molecule has 0 saturated carbocycles. The van der Waals surface area contributed by atoms with E-state index < -0.39 is 0 Å². The molecule has 1 atom stereocenters. The van der Waals surface area contributed by atoms with Crippen molar-refractivity contribution in [2.45, 2.75) is 19.9 Å². The topological polar surface area (TPSA) is 93.2 Å². The second kappa shape index (κ2) is 8.62. The maximum absolute atomic E-state index is 12.3. The van der Waals surface area contributed by atoms with E-state index in [1.54, 1.807) is 12.1 Å². The smallest absolute Gasteiger partial charge is 0.259 e. The van der Waals surface area contributed by atoms with Crippen LogP contribution in [0.1, 0.15) is 35.8 Å². The third-order valence-electron chi connectivity index (χ3n) is 4.06. The number of nitrogens with zero attached hydrogens (tertiary/aromatic N) is 2. The van der Waals surface area contributed by atoms with Gasteiger partial charge in [0.2, 0.25) is 11.8 Å². The SMILES string of the molecule is COc1ccc(C(=O)Nc2nc(-c3ccc(C(C)NC(C)=O)cc3)cs2)cn1. The van der Waals surface area contributed by atoms with E-state index in [9.17, 15) is 9.59 Å². The van der Waals surface area contributed by atoms with Gasteiger partial charge in [0.1, 0.15) is 0 Å². The van der Waals surface area contributed by atoms with Crippen LogP contribution in [0.15, 0.2) is 48.0 Å². The van der Waals surface area contributed by atoms with Gasteiger partial charge in [-0.05, 0) is 18.6 Å². The standard InChI is InChI=1S/C20H20N4O3S/c1-12(22-13(2)25)14-4-6-15(7-5-14)17-11-28-20(23-17)24-19(26)16-8-9-18(27-3)21-10-16/h4-12H,1-3H3,(H,22,25)(H,23,24,26). The minimum atomic E-state index is -0.282. The summed E-state index contributed by atoms with van der Waals surface area (Å²) in [6.45, 7) is 3.43. The van der Waals surface area contributed by atoms with Gasteiger partial charge in [-0.25, -0.2) is 9.97 Å². The molecule has 0 fully saturated rings. The van der Waals surface area contributed by atoms with Crippen LogP contribution in [-0.4, -0.2) is 28.9 Å². The molecule has 0 aliphatic heterocycles. The van der Waals surface area contributed by atoms with Gasteiger partial charge in [-0.2, -0.15) is 0 Å². The first-order chi connectivity index (χ1) is 13.5. The van der Waals surface area contributed by atoms with Gasteiger partial charge in [-0.3, -0.25) is 14.9 Å². The number of nitrogens with one attached hydrogen (secondary N) is 2. The normalized spacial score (nSPS) is 11.5. The van der Waals surface area contributed by atoms with Crippen molar-refractivity contribution in [1.29, 1.82) is 0 Å². The van der Waals surface area contributed by atoms with Crippen LogP contribution in [0.25, 0.3) is 11.3 Å². The number of hydrogen-bond donors (Lipinski definition) is 2. The maximum atomic E-state index is 12.3. The molecule has 2 amide bonds. The highest BCUT2D eigenvalue weighted by Gasteiger charge is 2.12. The first kappa shape index (κ1) is 19.5. The number of hydrogen-bond acceptors (Lipinski definition) is 6. The zero-order valence-corrected chi connectivity index (χ0v) is 16.5. The van der Waals surface area contributed by atoms with E-state index in [0.717, 1.165) is 16.8 Å². The predicted octanol–water partition coefficient (Wildman–Crippen LogP) is 3.66. The van der Waals surface area contributed by atoms with E-state index in [1.165, 1.54) is 31.6 Å². The van der Waals surface area contributed by atoms with Crippen LogP contribution >= 0.6 is 11.3 Å². The molecule has 144 valence electrons. The van der Waals surface area contributed by atoms with Gasteiger partial charge in [0.05, 0.1) is 24.4 Å². The summed E-state index contributed by atoms with van der Waals surface area (Å²) in [5, 5.41) is 8.02. The Kier molecular flexibility index (Phi) is 6.00. The number of ether oxygens (including phenoxy) is 1. The highest BCUT2D eigenvalue weighted by molar-refractivity contribution is 7.14. The highest BCUT2D eigenvalue weighted by Crippen LogP contribution is 2.26. The number of benzene rings is 1. The van der Waals surface area contributed by atoms with Crippen molar-refractivity contribution in [3.05, 3.63) is 59.1 Å². The minimum Gasteiger partial charge on any atom is -0.481 e. The van der Waals surface area contributed by atoms with Crippen LogP contribution < -0.4 is 15.4 Å². The monoisotopic (exact) mass is 396 g/mol. The number of carbonyl (C=O) groups is 2. The van der Waals surface area contributed by atoms with Gasteiger partial charge in [-0.1, -0.05) is 24.3 Å². The first-order valence-electron chi connectivity index (χ1n) is 8.60. The maximum Gasteiger partial charge on any atom is 0.259 e. The number of rotatable bonds is 6. The van der Waals surface area contributed by atoms with Crippen molar-refractivity contribution >= 4 is 28.3 Å². The highest BCUT2D eigenvalue weighted by atomic mass is 32.1. The molecular formula is C20H20N4O3S. The number of carbonyl (C=O) groups excluding carboxylic acids is 2. The van der Waals surface area contributed by atoms with E-state index in [0.29, 0.717) is 16.6 Å². The summed E-state index contributed by atoms with van der Waals surface area (Å²) in [6.07, 6.45) is 1.46. The minimum absolute atomic E-state index is 0.0602. The molecule has 0 spiro atoms. The predicted molar refractivity (Wildman–Crippen MR) is 109 cm³/mol. The third-order valence-corrected chi connectivity index (χ3v) is 4.82. The van der Waals surface area contributed by atoms with E-state index in [4.69, 9.17) is 4.74 Å². The van der Waals surface area contributed by atoms with Gasteiger partial charge in [0.15, 0.2) is 5.13 Å². The Balaban J connectivity index is 1.67. The van der Waals surface area contributed by atoms with Crippen molar-refractivity contribution in [2.75, 3.05) is 12.4 Å².